The smallest absolute Gasteiger partial charge is 0.370 e. The van der Waals surface area contributed by atoms with E-state index in [2.05, 4.69) is 4.74 Å². The van der Waals surface area contributed by atoms with E-state index < -0.39 is 17.6 Å². The van der Waals surface area contributed by atoms with Crippen LogP contribution in [0.5, 0.6) is 5.75 Å². The van der Waals surface area contributed by atoms with Crippen LogP contribution in [0.15, 0.2) is 30.1 Å². The maximum absolute atomic E-state index is 13.4. The van der Waals surface area contributed by atoms with Crippen molar-refractivity contribution in [2.45, 2.75) is 0 Å². The zero-order chi connectivity index (χ0) is 12.1. The van der Waals surface area contributed by atoms with Gasteiger partial charge in [0.2, 0.25) is 5.83 Å². The Bertz CT molecular complexity index is 410. The first-order valence-electron chi connectivity index (χ1n) is 4.38. The SMILES string of the molecule is COC(=O)/C(F)=C(\F)c1ccc(OC)cc1. The molecule has 1 aromatic rings. The Labute approximate surface area is 91.3 Å². The predicted octanol–water partition coefficient (Wildman–Crippen LogP) is 2.48. The van der Waals surface area contributed by atoms with Crippen molar-refractivity contribution < 1.29 is 23.0 Å². The van der Waals surface area contributed by atoms with Gasteiger partial charge in [0.25, 0.3) is 0 Å². The van der Waals surface area contributed by atoms with Crippen LogP contribution in [0.25, 0.3) is 5.83 Å². The molecular formula is C11H10F2O3. The lowest BCUT2D eigenvalue weighted by Gasteiger charge is -2.02. The Morgan fingerprint density at radius 1 is 1.12 bits per heavy atom. The van der Waals surface area contributed by atoms with Gasteiger partial charge in [-0.25, -0.2) is 9.18 Å². The van der Waals surface area contributed by atoms with E-state index >= 15 is 0 Å². The summed E-state index contributed by atoms with van der Waals surface area (Å²) >= 11 is 0. The molecule has 5 heteroatoms. The van der Waals surface area contributed by atoms with E-state index in [1.807, 2.05) is 0 Å². The number of ether oxygens (including phenoxy) is 2. The number of hydrogen-bond acceptors (Lipinski definition) is 3. The third kappa shape index (κ3) is 2.56. The Kier molecular flexibility index (Phi) is 3.99. The fourth-order valence-electron chi connectivity index (χ4n) is 1.04. The van der Waals surface area contributed by atoms with Gasteiger partial charge in [0.05, 0.1) is 14.2 Å². The summed E-state index contributed by atoms with van der Waals surface area (Å²) in [6, 6.07) is 5.52. The molecule has 0 aliphatic heterocycles. The van der Waals surface area contributed by atoms with Gasteiger partial charge in [-0.2, -0.15) is 4.39 Å². The highest BCUT2D eigenvalue weighted by Crippen LogP contribution is 2.24. The fraction of sp³-hybridized carbons (Fsp3) is 0.182. The van der Waals surface area contributed by atoms with E-state index in [1.165, 1.54) is 31.4 Å². The van der Waals surface area contributed by atoms with Gasteiger partial charge in [0.1, 0.15) is 5.75 Å². The second kappa shape index (κ2) is 5.25. The molecule has 0 N–H and O–H groups in total. The minimum absolute atomic E-state index is 0.0521. The van der Waals surface area contributed by atoms with Crippen LogP contribution < -0.4 is 4.74 Å². The van der Waals surface area contributed by atoms with Crippen molar-refractivity contribution in [3.8, 4) is 5.75 Å². The second-order valence-electron chi connectivity index (χ2n) is 2.85. The number of esters is 1. The Morgan fingerprint density at radius 3 is 2.12 bits per heavy atom. The maximum atomic E-state index is 13.4. The molecule has 0 amide bonds. The van der Waals surface area contributed by atoms with E-state index in [0.29, 0.717) is 5.75 Å². The Morgan fingerprint density at radius 2 is 1.69 bits per heavy atom. The van der Waals surface area contributed by atoms with Gasteiger partial charge >= 0.3 is 5.97 Å². The summed E-state index contributed by atoms with van der Waals surface area (Å²) < 4.78 is 35.3. The van der Waals surface area contributed by atoms with Crippen LogP contribution >= 0.6 is 0 Å². The molecule has 1 rings (SSSR count). The van der Waals surface area contributed by atoms with Crippen LogP contribution in [0.3, 0.4) is 0 Å². The van der Waals surface area contributed by atoms with Crippen LogP contribution in [0.2, 0.25) is 0 Å². The first-order chi connectivity index (χ1) is 7.60. The number of methoxy groups -OCH3 is 2. The van der Waals surface area contributed by atoms with Crippen molar-refractivity contribution in [3.63, 3.8) is 0 Å². The number of benzene rings is 1. The van der Waals surface area contributed by atoms with Gasteiger partial charge in [-0.1, -0.05) is 0 Å². The lowest BCUT2D eigenvalue weighted by molar-refractivity contribution is -0.137. The minimum atomic E-state index is -1.55. The summed E-state index contributed by atoms with van der Waals surface area (Å²) in [6.45, 7) is 0. The van der Waals surface area contributed by atoms with Crippen LogP contribution in [-0.4, -0.2) is 20.2 Å². The summed E-state index contributed by atoms with van der Waals surface area (Å²) in [5.41, 5.74) is -0.0521. The quantitative estimate of drug-likeness (QED) is 0.589. The first kappa shape index (κ1) is 12.2. The summed E-state index contributed by atoms with van der Waals surface area (Å²) in [5, 5.41) is 0. The van der Waals surface area contributed by atoms with Crippen LogP contribution in [0, 0.1) is 0 Å². The molecule has 0 unspecified atom stereocenters. The van der Waals surface area contributed by atoms with Crippen molar-refractivity contribution in [1.29, 1.82) is 0 Å². The molecule has 0 aliphatic carbocycles. The molecule has 0 bridgehead atoms. The van der Waals surface area contributed by atoms with Gasteiger partial charge in [-0.3, -0.25) is 0 Å². The predicted molar refractivity (Wildman–Crippen MR) is 54.1 cm³/mol. The first-order valence-corrected chi connectivity index (χ1v) is 4.38. The molecule has 1 aromatic carbocycles. The molecule has 0 heterocycles. The normalized spacial score (nSPS) is 11.8. The third-order valence-electron chi connectivity index (χ3n) is 1.90. The van der Waals surface area contributed by atoms with E-state index in [-0.39, 0.29) is 5.56 Å². The molecule has 0 spiro atoms. The molecule has 0 aromatic heterocycles. The fourth-order valence-corrected chi connectivity index (χ4v) is 1.04. The van der Waals surface area contributed by atoms with Gasteiger partial charge in [-0.05, 0) is 24.3 Å². The number of rotatable bonds is 3. The summed E-state index contributed by atoms with van der Waals surface area (Å²) in [4.78, 5) is 10.7. The van der Waals surface area contributed by atoms with Crippen LogP contribution in [0.1, 0.15) is 5.56 Å². The van der Waals surface area contributed by atoms with Crippen molar-refractivity contribution in [2.75, 3.05) is 14.2 Å². The minimum Gasteiger partial charge on any atom is -0.497 e. The Hall–Kier alpha value is -1.91. The molecule has 0 saturated carbocycles. The number of halogens is 2. The van der Waals surface area contributed by atoms with E-state index in [9.17, 15) is 13.6 Å². The average Bonchev–Trinajstić information content (AvgIpc) is 2.36. The highest BCUT2D eigenvalue weighted by Gasteiger charge is 2.17. The summed E-state index contributed by atoms with van der Waals surface area (Å²) in [7, 11) is 2.43. The number of carbonyl (C=O) groups is 1. The summed E-state index contributed by atoms with van der Waals surface area (Å²) in [5.74, 6) is -3.63. The molecule has 0 saturated heterocycles. The molecule has 3 nitrogen and oxygen atoms in total. The van der Waals surface area contributed by atoms with Gasteiger partial charge in [0.15, 0.2) is 5.83 Å². The number of hydrogen-bond donors (Lipinski definition) is 0. The van der Waals surface area contributed by atoms with Gasteiger partial charge in [0, 0.05) is 5.56 Å². The monoisotopic (exact) mass is 228 g/mol. The lowest BCUT2D eigenvalue weighted by atomic mass is 10.2. The number of carbonyl (C=O) groups excluding carboxylic acids is 1. The molecule has 0 fully saturated rings. The largest absolute Gasteiger partial charge is 0.497 e. The van der Waals surface area contributed by atoms with Crippen LogP contribution in [0.4, 0.5) is 8.78 Å². The molecular weight excluding hydrogens is 218 g/mol. The zero-order valence-electron chi connectivity index (χ0n) is 8.79. The van der Waals surface area contributed by atoms with Crippen LogP contribution in [-0.2, 0) is 9.53 Å². The third-order valence-corrected chi connectivity index (χ3v) is 1.90. The maximum Gasteiger partial charge on any atom is 0.370 e. The standard InChI is InChI=1S/C11H10F2O3/c1-15-8-5-3-7(4-6-8)9(12)10(13)11(14)16-2/h3-6H,1-2H3/b10-9+. The van der Waals surface area contributed by atoms with Crippen molar-refractivity contribution in [3.05, 3.63) is 35.7 Å². The van der Waals surface area contributed by atoms with Crippen molar-refractivity contribution in [2.24, 2.45) is 0 Å². The van der Waals surface area contributed by atoms with E-state index in [1.54, 1.807) is 0 Å². The second-order valence-corrected chi connectivity index (χ2v) is 2.85. The van der Waals surface area contributed by atoms with Gasteiger partial charge in [-0.15, -0.1) is 0 Å². The zero-order valence-corrected chi connectivity index (χ0v) is 8.79. The molecule has 86 valence electrons. The lowest BCUT2D eigenvalue weighted by Crippen LogP contribution is -2.02. The molecule has 0 atom stereocenters. The van der Waals surface area contributed by atoms with Gasteiger partial charge < -0.3 is 9.47 Å². The Balaban J connectivity index is 3.03. The highest BCUT2D eigenvalue weighted by molar-refractivity contribution is 5.93. The molecule has 0 radical (unpaired) electrons. The topological polar surface area (TPSA) is 35.5 Å². The van der Waals surface area contributed by atoms with Crippen molar-refractivity contribution in [1.82, 2.24) is 0 Å². The van der Waals surface area contributed by atoms with E-state index in [0.717, 1.165) is 7.11 Å². The average molecular weight is 228 g/mol. The highest BCUT2D eigenvalue weighted by atomic mass is 19.2. The van der Waals surface area contributed by atoms with Crippen molar-refractivity contribution >= 4 is 11.8 Å². The molecule has 16 heavy (non-hydrogen) atoms. The van der Waals surface area contributed by atoms with E-state index in [4.69, 9.17) is 4.74 Å². The molecule has 0 aliphatic rings. The summed E-state index contributed by atoms with van der Waals surface area (Å²) in [6.07, 6.45) is 0.